The quantitative estimate of drug-likeness (QED) is 0.328. The third-order valence-electron chi connectivity index (χ3n) is 4.45. The first-order chi connectivity index (χ1) is 14.2. The van der Waals surface area contributed by atoms with E-state index in [4.69, 9.17) is 9.84 Å². The molecule has 0 unspecified atom stereocenters. The molecule has 0 atom stereocenters. The van der Waals surface area contributed by atoms with Crippen molar-refractivity contribution in [3.05, 3.63) is 83.6 Å². The van der Waals surface area contributed by atoms with E-state index in [1.165, 1.54) is 11.8 Å². The number of aromatic nitrogens is 3. The normalized spacial score (nSPS) is 11.0. The van der Waals surface area contributed by atoms with Crippen LogP contribution in [0.5, 0.6) is 0 Å². The second-order valence-corrected chi connectivity index (χ2v) is 7.52. The number of benzene rings is 2. The Kier molecular flexibility index (Phi) is 5.62. The first-order valence-corrected chi connectivity index (χ1v) is 10.5. The first kappa shape index (κ1) is 19.2. The fourth-order valence-electron chi connectivity index (χ4n) is 3.14. The Labute approximate surface area is 173 Å². The number of nitrogens with zero attached hydrogens (tertiary/aromatic N) is 3. The van der Waals surface area contributed by atoms with Gasteiger partial charge in [0.1, 0.15) is 10.6 Å². The van der Waals surface area contributed by atoms with Gasteiger partial charge in [0, 0.05) is 17.0 Å². The van der Waals surface area contributed by atoms with Gasteiger partial charge in [0.2, 0.25) is 0 Å². The van der Waals surface area contributed by atoms with Gasteiger partial charge in [-0.15, -0.1) is 0 Å². The van der Waals surface area contributed by atoms with E-state index < -0.39 is 5.97 Å². The van der Waals surface area contributed by atoms with Crippen LogP contribution in [-0.4, -0.2) is 27.2 Å². The predicted molar refractivity (Wildman–Crippen MR) is 115 cm³/mol. The maximum atomic E-state index is 12.8. The molecule has 4 aromatic rings. The number of fused-ring (bicyclic) bond motifs is 1. The van der Waals surface area contributed by atoms with Gasteiger partial charge in [0.15, 0.2) is 5.65 Å². The van der Waals surface area contributed by atoms with Crippen molar-refractivity contribution >= 4 is 23.4 Å². The lowest BCUT2D eigenvalue weighted by atomic mass is 10.1. The Bertz CT molecular complexity index is 1140. The third kappa shape index (κ3) is 4.03. The molecule has 29 heavy (non-hydrogen) atoms. The van der Waals surface area contributed by atoms with Crippen LogP contribution in [-0.2, 0) is 10.5 Å². The summed E-state index contributed by atoms with van der Waals surface area (Å²) in [4.78, 5) is 17.4. The number of ether oxygens (including phenoxy) is 1. The maximum absolute atomic E-state index is 12.8. The minimum atomic E-state index is -0.393. The fraction of sp³-hybridized carbons (Fsp3) is 0.174. The highest BCUT2D eigenvalue weighted by molar-refractivity contribution is 7.98. The fourth-order valence-corrected chi connectivity index (χ4v) is 4.10. The number of carbonyl (C=O) groups excluding carboxylic acids is 1. The van der Waals surface area contributed by atoms with Crippen LogP contribution in [0.4, 0.5) is 0 Å². The molecule has 4 rings (SSSR count). The predicted octanol–water partition coefficient (Wildman–Crippen LogP) is 5.17. The number of hydrogen-bond acceptors (Lipinski definition) is 5. The number of esters is 1. The Morgan fingerprint density at radius 1 is 1.07 bits per heavy atom. The smallest absolute Gasteiger partial charge is 0.344 e. The second kappa shape index (κ2) is 8.49. The molecule has 0 fully saturated rings. The lowest BCUT2D eigenvalue weighted by molar-refractivity contribution is 0.0524. The monoisotopic (exact) mass is 403 g/mol. The van der Waals surface area contributed by atoms with E-state index in [1.54, 1.807) is 11.4 Å². The molecular formula is C23H21N3O2S. The van der Waals surface area contributed by atoms with Crippen molar-refractivity contribution in [2.75, 3.05) is 6.61 Å². The number of rotatable bonds is 6. The van der Waals surface area contributed by atoms with Crippen LogP contribution in [0.15, 0.2) is 71.8 Å². The number of carbonyl (C=O) groups is 1. The van der Waals surface area contributed by atoms with Crippen LogP contribution < -0.4 is 0 Å². The first-order valence-electron chi connectivity index (χ1n) is 9.47. The summed E-state index contributed by atoms with van der Waals surface area (Å²) < 4.78 is 7.08. The van der Waals surface area contributed by atoms with Crippen LogP contribution >= 0.6 is 11.8 Å². The highest BCUT2D eigenvalue weighted by Crippen LogP contribution is 2.31. The van der Waals surface area contributed by atoms with Crippen molar-refractivity contribution in [3.8, 4) is 11.3 Å². The summed E-state index contributed by atoms with van der Waals surface area (Å²) in [5.41, 5.74) is 4.84. The second-order valence-electron chi connectivity index (χ2n) is 6.56. The lowest BCUT2D eigenvalue weighted by Gasteiger charge is -2.06. The van der Waals surface area contributed by atoms with Crippen LogP contribution in [0.25, 0.3) is 16.9 Å². The van der Waals surface area contributed by atoms with Crippen LogP contribution in [0.2, 0.25) is 0 Å². The van der Waals surface area contributed by atoms with Crippen LogP contribution in [0.1, 0.15) is 28.5 Å². The Morgan fingerprint density at radius 2 is 1.76 bits per heavy atom. The van der Waals surface area contributed by atoms with Gasteiger partial charge in [0.25, 0.3) is 0 Å². The van der Waals surface area contributed by atoms with E-state index in [0.717, 1.165) is 22.5 Å². The highest BCUT2D eigenvalue weighted by Gasteiger charge is 2.24. The summed E-state index contributed by atoms with van der Waals surface area (Å²) in [5.74, 6) is 0.312. The zero-order valence-corrected chi connectivity index (χ0v) is 17.1. The van der Waals surface area contributed by atoms with Crippen molar-refractivity contribution in [1.82, 2.24) is 14.6 Å². The molecule has 6 heteroatoms. The Morgan fingerprint density at radius 3 is 2.45 bits per heavy atom. The van der Waals surface area contributed by atoms with E-state index in [2.05, 4.69) is 17.1 Å². The van der Waals surface area contributed by atoms with Gasteiger partial charge in [-0.05, 0) is 25.5 Å². The lowest BCUT2D eigenvalue weighted by Crippen LogP contribution is -2.07. The van der Waals surface area contributed by atoms with Gasteiger partial charge < -0.3 is 4.74 Å². The van der Waals surface area contributed by atoms with Crippen molar-refractivity contribution in [3.63, 3.8) is 0 Å². The number of aryl methyl sites for hydroxylation is 1. The average molecular weight is 404 g/mol. The number of hydrogen-bond donors (Lipinski definition) is 0. The molecule has 0 aliphatic carbocycles. The molecule has 2 aromatic heterocycles. The summed E-state index contributed by atoms with van der Waals surface area (Å²) in [6, 6.07) is 22.1. The van der Waals surface area contributed by atoms with Gasteiger partial charge in [-0.2, -0.15) is 5.10 Å². The molecular weight excluding hydrogens is 382 g/mol. The third-order valence-corrected chi connectivity index (χ3v) is 5.49. The molecule has 2 heterocycles. The summed E-state index contributed by atoms with van der Waals surface area (Å²) in [6.07, 6.45) is 0. The van der Waals surface area contributed by atoms with Gasteiger partial charge in [-0.3, -0.25) is 0 Å². The Hall–Kier alpha value is -3.12. The molecule has 2 aromatic carbocycles. The average Bonchev–Trinajstić information content (AvgIpc) is 3.11. The van der Waals surface area contributed by atoms with Crippen molar-refractivity contribution in [2.24, 2.45) is 0 Å². The zero-order valence-electron chi connectivity index (χ0n) is 16.3. The molecule has 0 saturated carbocycles. The molecule has 0 aliphatic heterocycles. The van der Waals surface area contributed by atoms with Crippen molar-refractivity contribution in [1.29, 1.82) is 0 Å². The van der Waals surface area contributed by atoms with Crippen molar-refractivity contribution in [2.45, 2.75) is 24.6 Å². The minimum absolute atomic E-state index is 0.302. The van der Waals surface area contributed by atoms with Gasteiger partial charge >= 0.3 is 5.97 Å². The summed E-state index contributed by atoms with van der Waals surface area (Å²) in [5, 5.41) is 5.39. The molecule has 5 nitrogen and oxygen atoms in total. The molecule has 0 amide bonds. The van der Waals surface area contributed by atoms with Crippen LogP contribution in [0.3, 0.4) is 0 Å². The zero-order chi connectivity index (χ0) is 20.2. The molecule has 0 spiro atoms. The molecule has 0 bridgehead atoms. The van der Waals surface area contributed by atoms with E-state index >= 15 is 0 Å². The van der Waals surface area contributed by atoms with E-state index in [9.17, 15) is 4.79 Å². The van der Waals surface area contributed by atoms with Crippen molar-refractivity contribution < 1.29 is 9.53 Å². The van der Waals surface area contributed by atoms with Gasteiger partial charge in [-0.25, -0.2) is 14.3 Å². The standard InChI is InChI=1S/C23H21N3O2S/c1-3-28-23(27)20-21-24-16(2)14-19(18-12-8-5-9-13-18)26(21)25-22(20)29-15-17-10-6-4-7-11-17/h4-14H,3,15H2,1-2H3. The summed E-state index contributed by atoms with van der Waals surface area (Å²) in [7, 11) is 0. The van der Waals surface area contributed by atoms with E-state index in [0.29, 0.717) is 28.6 Å². The van der Waals surface area contributed by atoms with Crippen LogP contribution in [0, 0.1) is 6.92 Å². The SMILES string of the molecule is CCOC(=O)c1c(SCc2ccccc2)nn2c(-c3ccccc3)cc(C)nc12. The van der Waals surface area contributed by atoms with E-state index in [1.807, 2.05) is 61.5 Å². The van der Waals surface area contributed by atoms with E-state index in [-0.39, 0.29) is 0 Å². The minimum Gasteiger partial charge on any atom is -0.462 e. The molecule has 0 N–H and O–H groups in total. The number of thioether (sulfide) groups is 1. The molecule has 0 radical (unpaired) electrons. The largest absolute Gasteiger partial charge is 0.462 e. The molecule has 146 valence electrons. The topological polar surface area (TPSA) is 56.5 Å². The molecule has 0 saturated heterocycles. The van der Waals surface area contributed by atoms with Gasteiger partial charge in [0.05, 0.1) is 12.3 Å². The maximum Gasteiger partial charge on any atom is 0.344 e. The Balaban J connectivity index is 1.85. The summed E-state index contributed by atoms with van der Waals surface area (Å²) >= 11 is 1.52. The summed E-state index contributed by atoms with van der Waals surface area (Å²) in [6.45, 7) is 4.02. The molecule has 0 aliphatic rings. The van der Waals surface area contributed by atoms with Gasteiger partial charge in [-0.1, -0.05) is 72.4 Å². The highest BCUT2D eigenvalue weighted by atomic mass is 32.2.